The minimum atomic E-state index is -4.73. The van der Waals surface area contributed by atoms with E-state index in [0.717, 1.165) is 30.3 Å². The Balaban J connectivity index is 1.91. The molecule has 2 aromatic rings. The van der Waals surface area contributed by atoms with Gasteiger partial charge in [-0.25, -0.2) is 5.48 Å². The lowest BCUT2D eigenvalue weighted by Crippen LogP contribution is -2.29. The van der Waals surface area contributed by atoms with Gasteiger partial charge >= 0.3 is 12.4 Å². The zero-order valence-corrected chi connectivity index (χ0v) is 14.9. The highest BCUT2D eigenvalue weighted by Gasteiger charge is 2.33. The molecule has 2 aromatic carbocycles. The van der Waals surface area contributed by atoms with Crippen LogP contribution in [0.15, 0.2) is 42.5 Å². The zero-order valence-electron chi connectivity index (χ0n) is 14.1. The Morgan fingerprint density at radius 2 is 1.66 bits per heavy atom. The second kappa shape index (κ2) is 8.70. The van der Waals surface area contributed by atoms with Crippen LogP contribution in [-0.2, 0) is 22.0 Å². The SMILES string of the molecule is O=C(CONC(=O)c1cccc(C(F)(F)F)c1)Nc1ccc(Cl)c(C(F)(F)F)c1. The number of hydrogen-bond donors (Lipinski definition) is 2. The molecule has 2 N–H and O–H groups in total. The Morgan fingerprint density at radius 1 is 0.966 bits per heavy atom. The number of benzene rings is 2. The average Bonchev–Trinajstić information content (AvgIpc) is 2.61. The molecule has 2 amide bonds. The van der Waals surface area contributed by atoms with E-state index in [-0.39, 0.29) is 11.3 Å². The Kier molecular flexibility index (Phi) is 6.75. The van der Waals surface area contributed by atoms with Crippen LogP contribution < -0.4 is 10.8 Å². The topological polar surface area (TPSA) is 67.4 Å². The van der Waals surface area contributed by atoms with Gasteiger partial charge in [0.2, 0.25) is 0 Å². The third-order valence-electron chi connectivity index (χ3n) is 3.38. The second-order valence-corrected chi connectivity index (χ2v) is 5.95. The van der Waals surface area contributed by atoms with Crippen molar-refractivity contribution < 1.29 is 40.8 Å². The van der Waals surface area contributed by atoms with Gasteiger partial charge in [-0.15, -0.1) is 0 Å². The third-order valence-corrected chi connectivity index (χ3v) is 3.71. The van der Waals surface area contributed by atoms with Gasteiger partial charge in [0.25, 0.3) is 11.8 Å². The largest absolute Gasteiger partial charge is 0.417 e. The number of carbonyl (C=O) groups is 2. The van der Waals surface area contributed by atoms with Gasteiger partial charge in [-0.05, 0) is 36.4 Å². The molecule has 29 heavy (non-hydrogen) atoms. The second-order valence-electron chi connectivity index (χ2n) is 5.54. The molecule has 156 valence electrons. The van der Waals surface area contributed by atoms with Crippen LogP contribution in [0.1, 0.15) is 21.5 Å². The van der Waals surface area contributed by atoms with Gasteiger partial charge in [-0.2, -0.15) is 26.3 Å². The zero-order chi connectivity index (χ0) is 21.8. The number of anilines is 1. The summed E-state index contributed by atoms with van der Waals surface area (Å²) < 4.78 is 76.2. The van der Waals surface area contributed by atoms with E-state index in [9.17, 15) is 35.9 Å². The number of carbonyl (C=O) groups excluding carboxylic acids is 2. The number of nitrogens with one attached hydrogen (secondary N) is 2. The lowest BCUT2D eigenvalue weighted by molar-refractivity contribution is -0.138. The Morgan fingerprint density at radius 3 is 2.28 bits per heavy atom. The highest BCUT2D eigenvalue weighted by Crippen LogP contribution is 2.36. The summed E-state index contributed by atoms with van der Waals surface area (Å²) in [4.78, 5) is 28.1. The molecule has 0 radical (unpaired) electrons. The number of hydrogen-bond acceptors (Lipinski definition) is 3. The molecule has 12 heteroatoms. The highest BCUT2D eigenvalue weighted by atomic mass is 35.5. The van der Waals surface area contributed by atoms with Gasteiger partial charge in [0.05, 0.1) is 16.1 Å². The van der Waals surface area contributed by atoms with Crippen LogP contribution in [0.4, 0.5) is 32.0 Å². The Hall–Kier alpha value is -2.79. The molecule has 0 aromatic heterocycles. The van der Waals surface area contributed by atoms with Gasteiger partial charge in [-0.3, -0.25) is 14.4 Å². The summed E-state index contributed by atoms with van der Waals surface area (Å²) in [6.07, 6.45) is -9.38. The molecule has 0 saturated heterocycles. The van der Waals surface area contributed by atoms with Crippen LogP contribution in [-0.4, -0.2) is 18.4 Å². The van der Waals surface area contributed by atoms with Crippen LogP contribution in [0.5, 0.6) is 0 Å². The van der Waals surface area contributed by atoms with Crippen molar-refractivity contribution in [3.05, 3.63) is 64.2 Å². The van der Waals surface area contributed by atoms with Gasteiger partial charge in [-0.1, -0.05) is 17.7 Å². The summed E-state index contributed by atoms with van der Waals surface area (Å²) in [5.41, 5.74) is -1.03. The molecular weight excluding hydrogens is 430 g/mol. The minimum absolute atomic E-state index is 0.223. The maximum absolute atomic E-state index is 12.8. The third kappa shape index (κ3) is 6.36. The van der Waals surface area contributed by atoms with Crippen LogP contribution >= 0.6 is 11.6 Å². The van der Waals surface area contributed by atoms with Crippen LogP contribution in [0.2, 0.25) is 5.02 Å². The summed E-state index contributed by atoms with van der Waals surface area (Å²) in [7, 11) is 0. The summed E-state index contributed by atoms with van der Waals surface area (Å²) in [5.74, 6) is -1.97. The molecule has 0 fully saturated rings. The number of hydroxylamine groups is 1. The van der Waals surface area contributed by atoms with Crippen molar-refractivity contribution in [3.8, 4) is 0 Å². The van der Waals surface area contributed by atoms with Crippen LogP contribution in [0, 0.1) is 0 Å². The number of alkyl halides is 6. The summed E-state index contributed by atoms with van der Waals surface area (Å²) >= 11 is 5.46. The Labute approximate surface area is 164 Å². The molecule has 0 aliphatic heterocycles. The van der Waals surface area contributed by atoms with Gasteiger partial charge in [0.15, 0.2) is 6.61 Å². The van der Waals surface area contributed by atoms with E-state index < -0.39 is 46.9 Å². The van der Waals surface area contributed by atoms with E-state index >= 15 is 0 Å². The molecule has 0 aliphatic carbocycles. The maximum atomic E-state index is 12.8. The predicted octanol–water partition coefficient (Wildman–Crippen LogP) is 4.68. The normalized spacial score (nSPS) is 11.8. The first kappa shape index (κ1) is 22.5. The Bertz CT molecular complexity index is 915. The van der Waals surface area contributed by atoms with E-state index in [1.165, 1.54) is 0 Å². The molecule has 2 rings (SSSR count). The minimum Gasteiger partial charge on any atom is -0.324 e. The first-order chi connectivity index (χ1) is 13.4. The predicted molar refractivity (Wildman–Crippen MR) is 89.9 cm³/mol. The van der Waals surface area contributed by atoms with Crippen LogP contribution in [0.3, 0.4) is 0 Å². The number of rotatable bonds is 5. The summed E-state index contributed by atoms with van der Waals surface area (Å²) in [6, 6.07) is 6.15. The molecular formula is C17H11ClF6N2O3. The molecule has 0 atom stereocenters. The van der Waals surface area contributed by atoms with Crippen molar-refractivity contribution >= 4 is 29.1 Å². The molecule has 0 saturated carbocycles. The lowest BCUT2D eigenvalue weighted by atomic mass is 10.1. The van der Waals surface area contributed by atoms with E-state index in [0.29, 0.717) is 12.1 Å². The van der Waals surface area contributed by atoms with Crippen molar-refractivity contribution in [2.24, 2.45) is 0 Å². The highest BCUT2D eigenvalue weighted by molar-refractivity contribution is 6.31. The standard InChI is InChI=1S/C17H11ClF6N2O3/c18-13-5-4-11(7-12(13)17(22,23)24)25-14(27)8-29-26-15(28)9-2-1-3-10(6-9)16(19,20)21/h1-7H,8H2,(H,25,27)(H,26,28). The quantitative estimate of drug-likeness (QED) is 0.524. The van der Waals surface area contributed by atoms with E-state index in [1.54, 1.807) is 5.48 Å². The fraction of sp³-hybridized carbons (Fsp3) is 0.176. The van der Waals surface area contributed by atoms with Crippen molar-refractivity contribution in [1.29, 1.82) is 0 Å². The monoisotopic (exact) mass is 440 g/mol. The van der Waals surface area contributed by atoms with Gasteiger partial charge in [0, 0.05) is 11.3 Å². The molecule has 0 aliphatic rings. The summed E-state index contributed by atoms with van der Waals surface area (Å²) in [6.45, 7) is -0.811. The fourth-order valence-corrected chi connectivity index (χ4v) is 2.30. The van der Waals surface area contributed by atoms with Crippen molar-refractivity contribution in [1.82, 2.24) is 5.48 Å². The van der Waals surface area contributed by atoms with Gasteiger partial charge < -0.3 is 5.32 Å². The first-order valence-corrected chi connectivity index (χ1v) is 8.01. The smallest absolute Gasteiger partial charge is 0.324 e. The average molecular weight is 441 g/mol. The molecule has 0 spiro atoms. The van der Waals surface area contributed by atoms with Gasteiger partial charge in [0.1, 0.15) is 0 Å². The molecule has 0 bridgehead atoms. The first-order valence-electron chi connectivity index (χ1n) is 7.64. The van der Waals surface area contributed by atoms with Crippen molar-refractivity contribution in [3.63, 3.8) is 0 Å². The van der Waals surface area contributed by atoms with E-state index in [1.807, 2.05) is 0 Å². The maximum Gasteiger partial charge on any atom is 0.417 e. The van der Waals surface area contributed by atoms with Crippen molar-refractivity contribution in [2.75, 3.05) is 11.9 Å². The lowest BCUT2D eigenvalue weighted by Gasteiger charge is -2.12. The van der Waals surface area contributed by atoms with Crippen LogP contribution in [0.25, 0.3) is 0 Å². The molecule has 0 unspecified atom stereocenters. The number of amides is 2. The van der Waals surface area contributed by atoms with Crippen molar-refractivity contribution in [2.45, 2.75) is 12.4 Å². The molecule has 0 heterocycles. The van der Waals surface area contributed by atoms with E-state index in [2.05, 4.69) is 10.2 Å². The molecule has 5 nitrogen and oxygen atoms in total. The van der Waals surface area contributed by atoms with E-state index in [4.69, 9.17) is 11.6 Å². The fourth-order valence-electron chi connectivity index (χ4n) is 2.08. The number of halogens is 7. The summed E-state index contributed by atoms with van der Waals surface area (Å²) in [5, 5.41) is 1.55.